The normalized spacial score (nSPS) is 27.9. The van der Waals surface area contributed by atoms with Gasteiger partial charge in [0.2, 0.25) is 0 Å². The van der Waals surface area contributed by atoms with Crippen molar-refractivity contribution >= 4 is 11.8 Å². The van der Waals surface area contributed by atoms with Crippen molar-refractivity contribution in [3.8, 4) is 0 Å². The third-order valence-corrected chi connectivity index (χ3v) is 3.11. The van der Waals surface area contributed by atoms with E-state index < -0.39 is 0 Å². The average Bonchev–Trinajstić information content (AvgIpc) is 2.17. The van der Waals surface area contributed by atoms with Crippen molar-refractivity contribution in [1.29, 1.82) is 0 Å². The van der Waals surface area contributed by atoms with Crippen LogP contribution < -0.4 is 5.32 Å². The van der Waals surface area contributed by atoms with Crippen LogP contribution in [0.25, 0.3) is 0 Å². The Kier molecular flexibility index (Phi) is 4.23. The lowest BCUT2D eigenvalue weighted by Crippen LogP contribution is -2.22. The Labute approximate surface area is 68.0 Å². The minimum Gasteiger partial charge on any atom is -0.316 e. The second-order valence-corrected chi connectivity index (χ2v) is 4.35. The quantitative estimate of drug-likeness (QED) is 0.660. The molecule has 2 heteroatoms. The van der Waals surface area contributed by atoms with E-state index in [1.165, 1.54) is 38.1 Å². The largest absolute Gasteiger partial charge is 0.316 e. The predicted octanol–water partition coefficient (Wildman–Crippen LogP) is 1.88. The molecule has 1 aliphatic heterocycles. The van der Waals surface area contributed by atoms with Crippen molar-refractivity contribution in [1.82, 2.24) is 5.32 Å². The van der Waals surface area contributed by atoms with Gasteiger partial charge < -0.3 is 5.32 Å². The molecule has 0 radical (unpaired) electrons. The lowest BCUT2D eigenvalue weighted by Gasteiger charge is -2.11. The van der Waals surface area contributed by atoms with Gasteiger partial charge in [-0.25, -0.2) is 0 Å². The molecule has 1 aliphatic rings. The van der Waals surface area contributed by atoms with Gasteiger partial charge in [-0.1, -0.05) is 13.3 Å². The maximum atomic E-state index is 3.46. The highest BCUT2D eigenvalue weighted by atomic mass is 32.2. The van der Waals surface area contributed by atoms with E-state index in [1.54, 1.807) is 0 Å². The molecule has 0 aliphatic carbocycles. The summed E-state index contributed by atoms with van der Waals surface area (Å²) in [4.78, 5) is 0. The second kappa shape index (κ2) is 5.03. The van der Waals surface area contributed by atoms with Gasteiger partial charge in [0.15, 0.2) is 0 Å². The van der Waals surface area contributed by atoms with Gasteiger partial charge in [0.25, 0.3) is 0 Å². The topological polar surface area (TPSA) is 12.0 Å². The minimum atomic E-state index is 0.896. The molecule has 10 heavy (non-hydrogen) atoms. The van der Waals surface area contributed by atoms with Crippen molar-refractivity contribution in [3.63, 3.8) is 0 Å². The van der Waals surface area contributed by atoms with E-state index >= 15 is 0 Å². The molecule has 0 unspecified atom stereocenters. The predicted molar refractivity (Wildman–Crippen MR) is 48.6 cm³/mol. The lowest BCUT2D eigenvalue weighted by molar-refractivity contribution is 0.706. The van der Waals surface area contributed by atoms with Crippen LogP contribution in [0.5, 0.6) is 0 Å². The fraction of sp³-hybridized carbons (Fsp3) is 1.00. The van der Waals surface area contributed by atoms with E-state index in [4.69, 9.17) is 0 Å². The van der Waals surface area contributed by atoms with Crippen LogP contribution in [-0.2, 0) is 0 Å². The van der Waals surface area contributed by atoms with Gasteiger partial charge in [0.05, 0.1) is 0 Å². The van der Waals surface area contributed by atoms with Crippen LogP contribution in [-0.4, -0.2) is 24.1 Å². The second-order valence-electron chi connectivity index (χ2n) is 2.78. The molecule has 0 bridgehead atoms. The van der Waals surface area contributed by atoms with E-state index in [0.717, 1.165) is 5.25 Å². The summed E-state index contributed by atoms with van der Waals surface area (Å²) in [6, 6.07) is 0. The average molecular weight is 159 g/mol. The van der Waals surface area contributed by atoms with Crippen LogP contribution >= 0.6 is 11.8 Å². The van der Waals surface area contributed by atoms with Crippen LogP contribution in [0.1, 0.15) is 26.2 Å². The number of hydrogen-bond acceptors (Lipinski definition) is 2. The Morgan fingerprint density at radius 3 is 3.20 bits per heavy atom. The number of rotatable bonds is 2. The molecule has 1 fully saturated rings. The molecule has 0 saturated carbocycles. The summed E-state index contributed by atoms with van der Waals surface area (Å²) in [7, 11) is 0. The first-order valence-electron chi connectivity index (χ1n) is 4.26. The summed E-state index contributed by atoms with van der Waals surface area (Å²) < 4.78 is 0. The van der Waals surface area contributed by atoms with Gasteiger partial charge >= 0.3 is 0 Å². The first-order valence-corrected chi connectivity index (χ1v) is 5.30. The molecule has 0 aromatic heterocycles. The Morgan fingerprint density at radius 1 is 1.50 bits per heavy atom. The van der Waals surface area contributed by atoms with Gasteiger partial charge in [-0.3, -0.25) is 0 Å². The molecule has 1 rings (SSSR count). The Balaban J connectivity index is 2.15. The molecule has 0 aromatic rings. The van der Waals surface area contributed by atoms with Crippen molar-refractivity contribution < 1.29 is 0 Å². The molecule has 60 valence electrons. The van der Waals surface area contributed by atoms with Crippen LogP contribution in [0.3, 0.4) is 0 Å². The smallest absolute Gasteiger partial charge is 0.0172 e. The summed E-state index contributed by atoms with van der Waals surface area (Å²) in [5, 5.41) is 4.36. The minimum absolute atomic E-state index is 0.896. The number of nitrogens with one attached hydrogen (secondary N) is 1. The molecule has 1 heterocycles. The SMILES string of the molecule is CCS[C@H]1CCCCNC1. The first-order chi connectivity index (χ1) is 4.93. The molecular weight excluding hydrogens is 142 g/mol. The fourth-order valence-electron chi connectivity index (χ4n) is 1.37. The molecular formula is C8H17NS. The van der Waals surface area contributed by atoms with Crippen LogP contribution in [0, 0.1) is 0 Å². The molecule has 0 amide bonds. The van der Waals surface area contributed by atoms with Gasteiger partial charge in [-0.2, -0.15) is 11.8 Å². The van der Waals surface area contributed by atoms with Crippen molar-refractivity contribution in [2.24, 2.45) is 0 Å². The Bertz CT molecular complexity index is 77.3. The summed E-state index contributed by atoms with van der Waals surface area (Å²) in [6.07, 6.45) is 4.22. The van der Waals surface area contributed by atoms with E-state index in [9.17, 15) is 0 Å². The highest BCUT2D eigenvalue weighted by Gasteiger charge is 2.09. The highest BCUT2D eigenvalue weighted by molar-refractivity contribution is 7.99. The van der Waals surface area contributed by atoms with Gasteiger partial charge in [-0.15, -0.1) is 0 Å². The zero-order valence-corrected chi connectivity index (χ0v) is 7.54. The van der Waals surface area contributed by atoms with E-state index in [2.05, 4.69) is 24.0 Å². The van der Waals surface area contributed by atoms with Gasteiger partial charge in [0.1, 0.15) is 0 Å². The summed E-state index contributed by atoms with van der Waals surface area (Å²) >= 11 is 2.10. The Hall–Kier alpha value is 0.310. The van der Waals surface area contributed by atoms with E-state index in [-0.39, 0.29) is 0 Å². The molecule has 1 saturated heterocycles. The molecule has 1 nitrogen and oxygen atoms in total. The first kappa shape index (κ1) is 8.41. The third-order valence-electron chi connectivity index (χ3n) is 1.90. The maximum absolute atomic E-state index is 3.46. The standard InChI is InChI=1S/C8H17NS/c1-2-10-8-5-3-4-6-9-7-8/h8-9H,2-7H2,1H3/t8-/m0/s1. The van der Waals surface area contributed by atoms with Crippen LogP contribution in [0.2, 0.25) is 0 Å². The van der Waals surface area contributed by atoms with E-state index in [0.29, 0.717) is 0 Å². The van der Waals surface area contributed by atoms with Crippen molar-refractivity contribution in [3.05, 3.63) is 0 Å². The fourth-order valence-corrected chi connectivity index (χ4v) is 2.41. The summed E-state index contributed by atoms with van der Waals surface area (Å²) in [5.74, 6) is 1.27. The zero-order chi connectivity index (χ0) is 7.23. The Morgan fingerprint density at radius 2 is 2.40 bits per heavy atom. The van der Waals surface area contributed by atoms with Crippen LogP contribution in [0.15, 0.2) is 0 Å². The molecule has 0 spiro atoms. The van der Waals surface area contributed by atoms with Gasteiger partial charge in [0, 0.05) is 11.8 Å². The monoisotopic (exact) mass is 159 g/mol. The zero-order valence-electron chi connectivity index (χ0n) is 6.73. The molecule has 0 aromatic carbocycles. The number of hydrogen-bond donors (Lipinski definition) is 1. The van der Waals surface area contributed by atoms with Crippen LogP contribution in [0.4, 0.5) is 0 Å². The number of thioether (sulfide) groups is 1. The summed E-state index contributed by atoms with van der Waals surface area (Å²) in [5.41, 5.74) is 0. The molecule has 1 N–H and O–H groups in total. The maximum Gasteiger partial charge on any atom is 0.0172 e. The highest BCUT2D eigenvalue weighted by Crippen LogP contribution is 2.17. The molecule has 1 atom stereocenters. The van der Waals surface area contributed by atoms with Crippen molar-refractivity contribution in [2.75, 3.05) is 18.8 Å². The van der Waals surface area contributed by atoms with E-state index in [1.807, 2.05) is 0 Å². The van der Waals surface area contributed by atoms with Crippen molar-refractivity contribution in [2.45, 2.75) is 31.4 Å². The lowest BCUT2D eigenvalue weighted by atomic mass is 10.2. The third kappa shape index (κ3) is 2.93. The van der Waals surface area contributed by atoms with Gasteiger partial charge in [-0.05, 0) is 25.1 Å². The summed E-state index contributed by atoms with van der Waals surface area (Å²) in [6.45, 7) is 4.72.